The monoisotopic (exact) mass is 664 g/mol. The summed E-state index contributed by atoms with van der Waals surface area (Å²) in [6.45, 7) is 16.1. The Hall–Kier alpha value is -4.41. The maximum atomic E-state index is 14.7. The Morgan fingerprint density at radius 2 is 1.50 bits per heavy atom. The molecule has 5 atom stereocenters. The van der Waals surface area contributed by atoms with Gasteiger partial charge in [0.2, 0.25) is 17.7 Å². The Bertz CT molecular complexity index is 1480. The van der Waals surface area contributed by atoms with Crippen molar-refractivity contribution in [3.8, 4) is 0 Å². The first kappa shape index (κ1) is 38.0. The molecule has 3 rings (SSSR count). The number of rotatable bonds is 13. The maximum absolute atomic E-state index is 14.7. The lowest BCUT2D eigenvalue weighted by atomic mass is 9.95. The summed E-state index contributed by atoms with van der Waals surface area (Å²) in [6.07, 6.45) is -0.334. The third-order valence-corrected chi connectivity index (χ3v) is 7.89. The fourth-order valence-corrected chi connectivity index (χ4v) is 5.48. The van der Waals surface area contributed by atoms with Gasteiger partial charge in [-0.2, -0.15) is 0 Å². The molecule has 2 aromatic rings. The summed E-state index contributed by atoms with van der Waals surface area (Å²) in [5, 5.41) is 5.56. The number of esters is 1. The standard InChI is InChI=1S/C37H52N4O7/c1-22-15-16-23(2)26(19-22)31(32(43)39-28(34(45)47-36(4,5)6)21-25-13-11-10-12-14-25)41(29-20-24(29)3)33(44)27(17-18-30(38)42)40-35(46)48-37(7,8)9/h10-16,19,24,27-29,31H,17-18,20-21H2,1-9H3,(H2,38,42)(H,39,43)(H,40,46). The molecule has 1 aliphatic carbocycles. The second-order valence-corrected chi connectivity index (χ2v) is 14.8. The fraction of sp³-hybridized carbons (Fsp3) is 0.541. The molecular formula is C37H52N4O7. The summed E-state index contributed by atoms with van der Waals surface area (Å²) in [5.74, 6) is -2.33. The van der Waals surface area contributed by atoms with Crippen molar-refractivity contribution in [3.05, 3.63) is 70.8 Å². The number of aryl methyl sites for hydroxylation is 2. The number of amides is 4. The second kappa shape index (κ2) is 15.7. The van der Waals surface area contributed by atoms with Gasteiger partial charge >= 0.3 is 12.1 Å². The normalized spacial score (nSPS) is 17.7. The van der Waals surface area contributed by atoms with Crippen molar-refractivity contribution in [1.82, 2.24) is 15.5 Å². The minimum Gasteiger partial charge on any atom is -0.458 e. The quantitative estimate of drug-likeness (QED) is 0.260. The highest BCUT2D eigenvalue weighted by Crippen LogP contribution is 2.41. The maximum Gasteiger partial charge on any atom is 0.408 e. The van der Waals surface area contributed by atoms with Crippen molar-refractivity contribution in [2.24, 2.45) is 11.7 Å². The lowest BCUT2D eigenvalue weighted by Gasteiger charge is -2.36. The molecule has 0 bridgehead atoms. The van der Waals surface area contributed by atoms with E-state index in [4.69, 9.17) is 15.2 Å². The van der Waals surface area contributed by atoms with Gasteiger partial charge < -0.3 is 30.7 Å². The van der Waals surface area contributed by atoms with E-state index in [0.717, 1.165) is 16.7 Å². The molecule has 262 valence electrons. The Balaban J connectivity index is 2.11. The Kier molecular flexibility index (Phi) is 12.4. The number of nitrogens with one attached hydrogen (secondary N) is 2. The summed E-state index contributed by atoms with van der Waals surface area (Å²) in [6, 6.07) is 11.1. The molecular weight excluding hydrogens is 612 g/mol. The number of hydrogen-bond acceptors (Lipinski definition) is 7. The van der Waals surface area contributed by atoms with E-state index in [2.05, 4.69) is 10.6 Å². The number of nitrogens with two attached hydrogens (primary N) is 1. The number of hydrogen-bond donors (Lipinski definition) is 3. The van der Waals surface area contributed by atoms with Crippen LogP contribution in [0.1, 0.15) is 96.0 Å². The zero-order valence-corrected chi connectivity index (χ0v) is 29.7. The summed E-state index contributed by atoms with van der Waals surface area (Å²) >= 11 is 0. The molecule has 0 aromatic heterocycles. The predicted octanol–water partition coefficient (Wildman–Crippen LogP) is 4.81. The molecule has 11 heteroatoms. The Morgan fingerprint density at radius 1 is 0.896 bits per heavy atom. The van der Waals surface area contributed by atoms with E-state index in [-0.39, 0.29) is 31.2 Å². The third-order valence-electron chi connectivity index (χ3n) is 7.89. The van der Waals surface area contributed by atoms with Crippen molar-refractivity contribution < 1.29 is 33.4 Å². The Morgan fingerprint density at radius 3 is 2.04 bits per heavy atom. The molecule has 0 saturated heterocycles. The van der Waals surface area contributed by atoms with Crippen LogP contribution in [0.2, 0.25) is 0 Å². The first-order valence-electron chi connectivity index (χ1n) is 16.5. The van der Waals surface area contributed by atoms with E-state index < -0.39 is 59.1 Å². The molecule has 48 heavy (non-hydrogen) atoms. The van der Waals surface area contributed by atoms with Gasteiger partial charge in [0.25, 0.3) is 0 Å². The second-order valence-electron chi connectivity index (χ2n) is 14.8. The zero-order chi connectivity index (χ0) is 36.0. The molecule has 1 saturated carbocycles. The molecule has 2 aromatic carbocycles. The Labute approximate surface area is 284 Å². The summed E-state index contributed by atoms with van der Waals surface area (Å²) in [5.41, 5.74) is 6.82. The molecule has 0 radical (unpaired) electrons. The third kappa shape index (κ3) is 11.4. The van der Waals surface area contributed by atoms with Crippen LogP contribution in [0.3, 0.4) is 0 Å². The van der Waals surface area contributed by atoms with Crippen molar-refractivity contribution in [3.63, 3.8) is 0 Å². The van der Waals surface area contributed by atoms with Gasteiger partial charge in [0, 0.05) is 18.9 Å². The molecule has 4 N–H and O–H groups in total. The van der Waals surface area contributed by atoms with Gasteiger partial charge in [0.05, 0.1) is 0 Å². The molecule has 0 aliphatic heterocycles. The van der Waals surface area contributed by atoms with Gasteiger partial charge in [-0.1, -0.05) is 61.0 Å². The van der Waals surface area contributed by atoms with Crippen LogP contribution in [0.5, 0.6) is 0 Å². The summed E-state index contributed by atoms with van der Waals surface area (Å²) in [4.78, 5) is 69.1. The van der Waals surface area contributed by atoms with Crippen LogP contribution in [-0.2, 0) is 35.1 Å². The van der Waals surface area contributed by atoms with E-state index in [1.54, 1.807) is 41.5 Å². The van der Waals surface area contributed by atoms with E-state index in [9.17, 15) is 24.0 Å². The van der Waals surface area contributed by atoms with E-state index in [0.29, 0.717) is 12.0 Å². The minimum absolute atomic E-state index is 0.0543. The number of primary amides is 1. The van der Waals surface area contributed by atoms with Crippen LogP contribution < -0.4 is 16.4 Å². The summed E-state index contributed by atoms with van der Waals surface area (Å²) < 4.78 is 11.2. The largest absolute Gasteiger partial charge is 0.458 e. The molecule has 0 spiro atoms. The van der Waals surface area contributed by atoms with E-state index in [1.807, 2.05) is 69.3 Å². The SMILES string of the molecule is Cc1ccc(C)c(C(C(=O)NC(Cc2ccccc2)C(=O)OC(C)(C)C)N(C(=O)C(CCC(N)=O)NC(=O)OC(C)(C)C)C2CC2C)c1. The smallest absolute Gasteiger partial charge is 0.408 e. The number of nitrogens with zero attached hydrogens (tertiary/aromatic N) is 1. The van der Waals surface area contributed by atoms with Crippen molar-refractivity contribution >= 4 is 29.8 Å². The van der Waals surface area contributed by atoms with Crippen LogP contribution in [0.15, 0.2) is 48.5 Å². The molecule has 1 aliphatic rings. The number of carbonyl (C=O) groups excluding carboxylic acids is 5. The summed E-state index contributed by atoms with van der Waals surface area (Å²) in [7, 11) is 0. The lowest BCUT2D eigenvalue weighted by molar-refractivity contribution is -0.159. The van der Waals surface area contributed by atoms with Gasteiger partial charge in [0.1, 0.15) is 29.3 Å². The average Bonchev–Trinajstić information content (AvgIpc) is 3.68. The van der Waals surface area contributed by atoms with Crippen LogP contribution in [-0.4, -0.2) is 64.0 Å². The molecule has 4 amide bonds. The minimum atomic E-state index is -1.22. The topological polar surface area (TPSA) is 157 Å². The van der Waals surface area contributed by atoms with Crippen molar-refractivity contribution in [1.29, 1.82) is 0 Å². The zero-order valence-electron chi connectivity index (χ0n) is 29.7. The molecule has 5 unspecified atom stereocenters. The first-order chi connectivity index (χ1) is 22.3. The van der Waals surface area contributed by atoms with Crippen molar-refractivity contribution in [2.75, 3.05) is 0 Å². The van der Waals surface area contributed by atoms with Crippen LogP contribution in [0, 0.1) is 19.8 Å². The van der Waals surface area contributed by atoms with Gasteiger partial charge in [-0.05, 0) is 90.8 Å². The van der Waals surface area contributed by atoms with Crippen LogP contribution in [0.4, 0.5) is 4.79 Å². The highest BCUT2D eigenvalue weighted by atomic mass is 16.6. The molecule has 0 heterocycles. The lowest BCUT2D eigenvalue weighted by Crippen LogP contribution is -2.56. The van der Waals surface area contributed by atoms with Crippen LogP contribution >= 0.6 is 0 Å². The van der Waals surface area contributed by atoms with Crippen molar-refractivity contribution in [2.45, 2.75) is 123 Å². The number of benzene rings is 2. The predicted molar refractivity (Wildman–Crippen MR) is 183 cm³/mol. The van der Waals surface area contributed by atoms with Gasteiger partial charge in [-0.15, -0.1) is 0 Å². The number of alkyl carbamates (subject to hydrolysis) is 1. The number of carbonyl (C=O) groups is 5. The first-order valence-corrected chi connectivity index (χ1v) is 16.5. The average molecular weight is 665 g/mol. The fourth-order valence-electron chi connectivity index (χ4n) is 5.48. The number of ether oxygens (including phenoxy) is 2. The highest BCUT2D eigenvalue weighted by molar-refractivity contribution is 5.95. The molecule has 1 fully saturated rings. The van der Waals surface area contributed by atoms with Gasteiger partial charge in [-0.25, -0.2) is 9.59 Å². The van der Waals surface area contributed by atoms with E-state index >= 15 is 0 Å². The van der Waals surface area contributed by atoms with Gasteiger partial charge in [0.15, 0.2) is 0 Å². The van der Waals surface area contributed by atoms with Gasteiger partial charge in [-0.3, -0.25) is 14.4 Å². The van der Waals surface area contributed by atoms with Crippen LogP contribution in [0.25, 0.3) is 0 Å². The highest BCUT2D eigenvalue weighted by Gasteiger charge is 2.49. The molecule has 11 nitrogen and oxygen atoms in total. The van der Waals surface area contributed by atoms with E-state index in [1.165, 1.54) is 4.90 Å².